The number of hydrogen-bond acceptors (Lipinski definition) is 4. The van der Waals surface area contributed by atoms with Crippen LogP contribution >= 0.6 is 11.6 Å². The lowest BCUT2D eigenvalue weighted by Crippen LogP contribution is -2.27. The van der Waals surface area contributed by atoms with E-state index in [2.05, 4.69) is 10.3 Å². The molecule has 1 N–H and O–H groups in total. The van der Waals surface area contributed by atoms with Crippen molar-refractivity contribution in [2.24, 2.45) is 0 Å². The summed E-state index contributed by atoms with van der Waals surface area (Å²) >= 11 is 5.99. The topological polar surface area (TPSA) is 90.1 Å². The van der Waals surface area contributed by atoms with E-state index in [-0.39, 0.29) is 18.3 Å². The first-order valence-corrected chi connectivity index (χ1v) is 6.53. The second-order valence-corrected chi connectivity index (χ2v) is 4.81. The molecule has 2 rings (SSSR count). The van der Waals surface area contributed by atoms with E-state index in [1.165, 1.54) is 10.8 Å². The average molecular weight is 309 g/mol. The predicted octanol–water partition coefficient (Wildman–Crippen LogP) is 2.07. The number of carbonyl (C=O) groups excluding carboxylic acids is 1. The van der Waals surface area contributed by atoms with Gasteiger partial charge < -0.3 is 15.4 Å². The lowest BCUT2D eigenvalue weighted by atomic mass is 10.2. The Bertz CT molecular complexity index is 684. The van der Waals surface area contributed by atoms with Gasteiger partial charge in [-0.2, -0.15) is 0 Å². The van der Waals surface area contributed by atoms with Gasteiger partial charge in [0.1, 0.15) is 12.7 Å². The Morgan fingerprint density at radius 2 is 2.19 bits per heavy atom. The standard InChI is InChI=1S/C13H13ClN4O3/c1-9-16-12(18(20)21)7-17(9)8-13(19)15-6-10-4-2-3-5-11(10)14/h2-5,7H,6,8H2,1H3,(H,15,19). The highest BCUT2D eigenvalue weighted by molar-refractivity contribution is 6.31. The van der Waals surface area contributed by atoms with Crippen molar-refractivity contribution >= 4 is 23.3 Å². The maximum Gasteiger partial charge on any atom is 0.381 e. The van der Waals surface area contributed by atoms with Crippen molar-refractivity contribution in [2.75, 3.05) is 0 Å². The smallest absolute Gasteiger partial charge is 0.358 e. The Balaban J connectivity index is 1.96. The lowest BCUT2D eigenvalue weighted by Gasteiger charge is -2.07. The van der Waals surface area contributed by atoms with Crippen LogP contribution in [0.25, 0.3) is 0 Å². The molecule has 1 aromatic carbocycles. The number of rotatable bonds is 5. The summed E-state index contributed by atoms with van der Waals surface area (Å²) in [5.41, 5.74) is 0.806. The van der Waals surface area contributed by atoms with Crippen LogP contribution < -0.4 is 5.32 Å². The van der Waals surface area contributed by atoms with Gasteiger partial charge in [0.25, 0.3) is 0 Å². The third kappa shape index (κ3) is 3.79. The molecule has 0 spiro atoms. The van der Waals surface area contributed by atoms with Crippen molar-refractivity contribution < 1.29 is 9.72 Å². The first-order chi connectivity index (χ1) is 9.97. The number of benzene rings is 1. The van der Waals surface area contributed by atoms with Gasteiger partial charge in [0, 0.05) is 18.5 Å². The Labute approximate surface area is 125 Å². The molecule has 1 aromatic heterocycles. The molecule has 1 amide bonds. The molecule has 7 nitrogen and oxygen atoms in total. The van der Waals surface area contributed by atoms with Gasteiger partial charge in [-0.15, -0.1) is 0 Å². The number of nitro groups is 1. The van der Waals surface area contributed by atoms with Crippen molar-refractivity contribution in [3.8, 4) is 0 Å². The molecule has 1 heterocycles. The SMILES string of the molecule is Cc1nc([N+](=O)[O-])cn1CC(=O)NCc1ccccc1Cl. The molecule has 2 aromatic rings. The number of aromatic nitrogens is 2. The lowest BCUT2D eigenvalue weighted by molar-refractivity contribution is -0.389. The monoisotopic (exact) mass is 308 g/mol. The van der Waals surface area contributed by atoms with Crippen LogP contribution in [0.3, 0.4) is 0 Å². The van der Waals surface area contributed by atoms with Crippen molar-refractivity contribution in [3.63, 3.8) is 0 Å². The van der Waals surface area contributed by atoms with Gasteiger partial charge in [0.15, 0.2) is 0 Å². The van der Waals surface area contributed by atoms with E-state index in [4.69, 9.17) is 11.6 Å². The molecule has 8 heteroatoms. The van der Waals surface area contributed by atoms with Crippen LogP contribution in [-0.2, 0) is 17.9 Å². The van der Waals surface area contributed by atoms with Gasteiger partial charge >= 0.3 is 5.82 Å². The highest BCUT2D eigenvalue weighted by atomic mass is 35.5. The number of carbonyl (C=O) groups is 1. The minimum atomic E-state index is -0.592. The Morgan fingerprint density at radius 1 is 1.48 bits per heavy atom. The highest BCUT2D eigenvalue weighted by Gasteiger charge is 2.16. The summed E-state index contributed by atoms with van der Waals surface area (Å²) in [6, 6.07) is 7.20. The van der Waals surface area contributed by atoms with Gasteiger partial charge in [-0.25, -0.2) is 0 Å². The first kappa shape index (κ1) is 15.0. The molecule has 0 fully saturated rings. The van der Waals surface area contributed by atoms with Crippen LogP contribution in [-0.4, -0.2) is 20.4 Å². The molecule has 0 aliphatic heterocycles. The molecule has 0 aliphatic carbocycles. The largest absolute Gasteiger partial charge is 0.381 e. The summed E-state index contributed by atoms with van der Waals surface area (Å²) in [5.74, 6) is -0.133. The van der Waals surface area contributed by atoms with E-state index in [0.29, 0.717) is 17.4 Å². The number of aryl methyl sites for hydroxylation is 1. The number of imidazole rings is 1. The van der Waals surface area contributed by atoms with Crippen LogP contribution in [0.15, 0.2) is 30.5 Å². The zero-order valence-corrected chi connectivity index (χ0v) is 12.0. The zero-order chi connectivity index (χ0) is 15.4. The maximum atomic E-state index is 11.9. The molecular weight excluding hydrogens is 296 g/mol. The van der Waals surface area contributed by atoms with Crippen molar-refractivity contribution in [1.82, 2.24) is 14.9 Å². The predicted molar refractivity (Wildman–Crippen MR) is 76.9 cm³/mol. The second-order valence-electron chi connectivity index (χ2n) is 4.40. The molecule has 21 heavy (non-hydrogen) atoms. The van der Waals surface area contributed by atoms with E-state index in [0.717, 1.165) is 5.56 Å². The molecule has 0 aliphatic rings. The first-order valence-electron chi connectivity index (χ1n) is 6.15. The number of nitrogens with zero attached hydrogens (tertiary/aromatic N) is 3. The summed E-state index contributed by atoms with van der Waals surface area (Å²) in [4.78, 5) is 25.6. The van der Waals surface area contributed by atoms with Crippen LogP contribution in [0, 0.1) is 17.0 Å². The fourth-order valence-electron chi connectivity index (χ4n) is 1.79. The third-order valence-electron chi connectivity index (χ3n) is 2.90. The van der Waals surface area contributed by atoms with Crippen molar-refractivity contribution in [2.45, 2.75) is 20.0 Å². The highest BCUT2D eigenvalue weighted by Crippen LogP contribution is 2.14. The Kier molecular flexibility index (Phi) is 4.54. The third-order valence-corrected chi connectivity index (χ3v) is 3.27. The molecule has 0 saturated heterocycles. The van der Waals surface area contributed by atoms with Crippen LogP contribution in [0.1, 0.15) is 11.4 Å². The van der Waals surface area contributed by atoms with E-state index in [1.807, 2.05) is 18.2 Å². The number of nitrogens with one attached hydrogen (secondary N) is 1. The maximum absolute atomic E-state index is 11.9. The number of halogens is 1. The zero-order valence-electron chi connectivity index (χ0n) is 11.2. The molecule has 0 unspecified atom stereocenters. The van der Waals surface area contributed by atoms with E-state index in [1.54, 1.807) is 13.0 Å². The molecule has 0 atom stereocenters. The fourth-order valence-corrected chi connectivity index (χ4v) is 1.99. The second kappa shape index (κ2) is 6.36. The molecule has 0 saturated carbocycles. The van der Waals surface area contributed by atoms with Crippen LogP contribution in [0.4, 0.5) is 5.82 Å². The summed E-state index contributed by atoms with van der Waals surface area (Å²) in [6.07, 6.45) is 1.24. The van der Waals surface area contributed by atoms with E-state index in [9.17, 15) is 14.9 Å². The van der Waals surface area contributed by atoms with Gasteiger partial charge in [-0.1, -0.05) is 29.8 Å². The Hall–Kier alpha value is -2.41. The van der Waals surface area contributed by atoms with Gasteiger partial charge in [0.2, 0.25) is 11.7 Å². The fraction of sp³-hybridized carbons (Fsp3) is 0.231. The summed E-state index contributed by atoms with van der Waals surface area (Å²) < 4.78 is 1.43. The molecular formula is C13H13ClN4O3. The summed E-state index contributed by atoms with van der Waals surface area (Å²) in [7, 11) is 0. The van der Waals surface area contributed by atoms with Crippen LogP contribution in [0.2, 0.25) is 5.02 Å². The Morgan fingerprint density at radius 3 is 2.81 bits per heavy atom. The normalized spacial score (nSPS) is 10.4. The molecule has 0 bridgehead atoms. The van der Waals surface area contributed by atoms with Crippen LogP contribution in [0.5, 0.6) is 0 Å². The molecule has 110 valence electrons. The van der Waals surface area contributed by atoms with E-state index < -0.39 is 4.92 Å². The average Bonchev–Trinajstić information content (AvgIpc) is 2.79. The van der Waals surface area contributed by atoms with Gasteiger partial charge in [-0.3, -0.25) is 9.36 Å². The summed E-state index contributed by atoms with van der Waals surface area (Å²) in [6.45, 7) is 1.87. The van der Waals surface area contributed by atoms with Crippen molar-refractivity contribution in [1.29, 1.82) is 0 Å². The minimum Gasteiger partial charge on any atom is -0.358 e. The van der Waals surface area contributed by atoms with Gasteiger partial charge in [0.05, 0.1) is 0 Å². The number of hydrogen-bond donors (Lipinski definition) is 1. The number of amides is 1. The minimum absolute atomic E-state index is 0.0306. The summed E-state index contributed by atoms with van der Waals surface area (Å²) in [5, 5.41) is 13.9. The van der Waals surface area contributed by atoms with Crippen molar-refractivity contribution in [3.05, 3.63) is 57.0 Å². The van der Waals surface area contributed by atoms with E-state index >= 15 is 0 Å². The van der Waals surface area contributed by atoms with Gasteiger partial charge in [-0.05, 0) is 21.5 Å². The molecule has 0 radical (unpaired) electrons. The quantitative estimate of drug-likeness (QED) is 0.676.